The third kappa shape index (κ3) is 7.33. The zero-order valence-corrected chi connectivity index (χ0v) is 17.9. The first-order valence-corrected chi connectivity index (χ1v) is 11.0. The minimum Gasteiger partial charge on any atom is -0.388 e. The molecule has 1 aliphatic carbocycles. The molecule has 2 heterocycles. The van der Waals surface area contributed by atoms with Crippen LogP contribution in [0.25, 0.3) is 0 Å². The van der Waals surface area contributed by atoms with Crippen LogP contribution in [0.3, 0.4) is 0 Å². The molecule has 31 heavy (non-hydrogen) atoms. The van der Waals surface area contributed by atoms with E-state index in [4.69, 9.17) is 4.98 Å². The smallest absolute Gasteiger partial charge is 0.388 e. The number of nitrogens with zero attached hydrogens (tertiary/aromatic N) is 2. The topological polar surface area (TPSA) is 52.1 Å². The van der Waals surface area contributed by atoms with Crippen LogP contribution < -0.4 is 4.74 Å². The van der Waals surface area contributed by atoms with E-state index in [1.54, 1.807) is 6.07 Å². The molecule has 7 heteroatoms. The zero-order valence-electron chi connectivity index (χ0n) is 17.9. The quantitative estimate of drug-likeness (QED) is 0.423. The van der Waals surface area contributed by atoms with Gasteiger partial charge in [-0.15, -0.1) is 13.2 Å². The Labute approximate surface area is 181 Å². The molecule has 0 spiro atoms. The van der Waals surface area contributed by atoms with Crippen LogP contribution in [0.1, 0.15) is 80.3 Å². The first kappa shape index (κ1) is 23.2. The summed E-state index contributed by atoms with van der Waals surface area (Å²) in [6.07, 6.45) is 5.45. The number of hydrogen-bond donors (Lipinski definition) is 0. The lowest BCUT2D eigenvalue weighted by Crippen LogP contribution is -2.18. The lowest BCUT2D eigenvalue weighted by Gasteiger charge is -2.16. The summed E-state index contributed by atoms with van der Waals surface area (Å²) in [5.74, 6) is -0.378. The summed E-state index contributed by atoms with van der Waals surface area (Å²) in [4.78, 5) is 20.9. The normalized spacial score (nSPS) is 14.7. The first-order valence-electron chi connectivity index (χ1n) is 11.0. The number of aryl methyl sites for hydroxylation is 3. The minimum absolute atomic E-state index is 0.0535. The van der Waals surface area contributed by atoms with Crippen molar-refractivity contribution in [1.29, 1.82) is 0 Å². The molecule has 2 aromatic rings. The van der Waals surface area contributed by atoms with Gasteiger partial charge in [0.2, 0.25) is 5.88 Å². The van der Waals surface area contributed by atoms with Gasteiger partial charge in [0.25, 0.3) is 0 Å². The Morgan fingerprint density at radius 1 is 1.13 bits per heavy atom. The Balaban J connectivity index is 1.43. The van der Waals surface area contributed by atoms with Crippen LogP contribution in [0.5, 0.6) is 5.88 Å². The highest BCUT2D eigenvalue weighted by Gasteiger charge is 2.31. The van der Waals surface area contributed by atoms with Crippen molar-refractivity contribution >= 4 is 5.78 Å². The summed E-state index contributed by atoms with van der Waals surface area (Å²) >= 11 is 0. The molecular formula is C24H29F3N2O2. The summed E-state index contributed by atoms with van der Waals surface area (Å²) < 4.78 is 40.6. The molecule has 0 bridgehead atoms. The standard InChI is InChI=1S/C24H29F3N2O2/c1-2-17(19-12-14-23(28-16-19)31-24(25,26)27)15-21(30)9-5-4-8-20-13-11-18-7-3-6-10-22(18)29-20/h11-14,16-17H,2-10,15H2,1H3. The SMILES string of the molecule is CCC(CC(=O)CCCCc1ccc2c(n1)CCCC2)c1ccc(OC(F)(F)F)nc1. The van der Waals surface area contributed by atoms with Crippen LogP contribution >= 0.6 is 0 Å². The number of unbranched alkanes of at least 4 members (excludes halogenated alkanes) is 1. The Morgan fingerprint density at radius 3 is 2.65 bits per heavy atom. The van der Waals surface area contributed by atoms with E-state index in [1.807, 2.05) is 6.92 Å². The molecule has 0 aliphatic heterocycles. The van der Waals surface area contributed by atoms with Crippen molar-refractivity contribution in [3.8, 4) is 5.88 Å². The van der Waals surface area contributed by atoms with Gasteiger partial charge in [-0.2, -0.15) is 0 Å². The lowest BCUT2D eigenvalue weighted by molar-refractivity contribution is -0.276. The van der Waals surface area contributed by atoms with E-state index in [0.29, 0.717) is 19.3 Å². The minimum atomic E-state index is -4.76. The van der Waals surface area contributed by atoms with Gasteiger partial charge in [0.05, 0.1) is 0 Å². The van der Waals surface area contributed by atoms with E-state index in [9.17, 15) is 18.0 Å². The number of halogens is 3. The number of alkyl halides is 3. The zero-order chi connectivity index (χ0) is 22.3. The molecule has 0 amide bonds. The number of carbonyl (C=O) groups excluding carboxylic acids is 1. The Hall–Kier alpha value is -2.44. The Morgan fingerprint density at radius 2 is 1.94 bits per heavy atom. The number of fused-ring (bicyclic) bond motifs is 1. The van der Waals surface area contributed by atoms with Crippen molar-refractivity contribution in [2.75, 3.05) is 0 Å². The number of hydrogen-bond acceptors (Lipinski definition) is 4. The maximum absolute atomic E-state index is 12.4. The van der Waals surface area contributed by atoms with E-state index in [2.05, 4.69) is 21.9 Å². The molecular weight excluding hydrogens is 405 g/mol. The van der Waals surface area contributed by atoms with Gasteiger partial charge in [-0.3, -0.25) is 9.78 Å². The van der Waals surface area contributed by atoms with Crippen molar-refractivity contribution in [1.82, 2.24) is 9.97 Å². The molecule has 0 N–H and O–H groups in total. The van der Waals surface area contributed by atoms with Gasteiger partial charge in [0, 0.05) is 36.5 Å². The maximum Gasteiger partial charge on any atom is 0.574 e. The molecule has 168 valence electrons. The lowest BCUT2D eigenvalue weighted by atomic mass is 9.91. The fourth-order valence-corrected chi connectivity index (χ4v) is 4.08. The number of pyridine rings is 2. The average Bonchev–Trinajstić information content (AvgIpc) is 2.74. The highest BCUT2D eigenvalue weighted by atomic mass is 19.4. The molecule has 1 aliphatic rings. The van der Waals surface area contributed by atoms with Crippen molar-refractivity contribution in [2.45, 2.75) is 83.4 Å². The van der Waals surface area contributed by atoms with E-state index in [1.165, 1.54) is 36.4 Å². The Bertz CT molecular complexity index is 866. The molecule has 1 unspecified atom stereocenters. The van der Waals surface area contributed by atoms with E-state index >= 15 is 0 Å². The van der Waals surface area contributed by atoms with Crippen molar-refractivity contribution in [3.05, 3.63) is 53.0 Å². The third-order valence-corrected chi connectivity index (χ3v) is 5.79. The van der Waals surface area contributed by atoms with E-state index < -0.39 is 12.2 Å². The monoisotopic (exact) mass is 434 g/mol. The van der Waals surface area contributed by atoms with Crippen LogP contribution in [0, 0.1) is 0 Å². The summed E-state index contributed by atoms with van der Waals surface area (Å²) in [7, 11) is 0. The highest BCUT2D eigenvalue weighted by molar-refractivity contribution is 5.79. The number of Topliss-reactive ketones (excluding diaryl/α,β-unsaturated/α-hetero) is 1. The Kier molecular flexibility index (Phi) is 8.04. The predicted molar refractivity (Wildman–Crippen MR) is 112 cm³/mol. The third-order valence-electron chi connectivity index (χ3n) is 5.79. The van der Waals surface area contributed by atoms with Crippen LogP contribution in [0.4, 0.5) is 13.2 Å². The van der Waals surface area contributed by atoms with E-state index in [-0.39, 0.29) is 11.7 Å². The molecule has 0 saturated carbocycles. The van der Waals surface area contributed by atoms with Gasteiger partial charge in [0.1, 0.15) is 5.78 Å². The number of aromatic nitrogens is 2. The van der Waals surface area contributed by atoms with Gasteiger partial charge >= 0.3 is 6.36 Å². The van der Waals surface area contributed by atoms with Gasteiger partial charge in [-0.05, 0) is 74.5 Å². The summed E-state index contributed by atoms with van der Waals surface area (Å²) in [6, 6.07) is 7.06. The molecule has 1 atom stereocenters. The van der Waals surface area contributed by atoms with Crippen molar-refractivity contribution in [2.24, 2.45) is 0 Å². The molecule has 3 rings (SSSR count). The second-order valence-corrected chi connectivity index (χ2v) is 8.15. The van der Waals surface area contributed by atoms with Crippen molar-refractivity contribution in [3.63, 3.8) is 0 Å². The fourth-order valence-electron chi connectivity index (χ4n) is 4.08. The number of ketones is 1. The van der Waals surface area contributed by atoms with Crippen LogP contribution in [0.15, 0.2) is 30.5 Å². The number of ether oxygens (including phenoxy) is 1. The second kappa shape index (κ2) is 10.7. The average molecular weight is 435 g/mol. The van der Waals surface area contributed by atoms with Crippen LogP contribution in [-0.2, 0) is 24.1 Å². The second-order valence-electron chi connectivity index (χ2n) is 8.15. The summed E-state index contributed by atoms with van der Waals surface area (Å²) in [6.45, 7) is 1.96. The van der Waals surface area contributed by atoms with Crippen LogP contribution in [0.2, 0.25) is 0 Å². The predicted octanol–water partition coefficient (Wildman–Crippen LogP) is 6.12. The van der Waals surface area contributed by atoms with Gasteiger partial charge < -0.3 is 4.74 Å². The number of carbonyl (C=O) groups is 1. The summed E-state index contributed by atoms with van der Waals surface area (Å²) in [5.41, 5.74) is 4.48. The first-order chi connectivity index (χ1) is 14.8. The number of rotatable bonds is 10. The van der Waals surface area contributed by atoms with Gasteiger partial charge in [0.15, 0.2) is 0 Å². The molecule has 0 saturated heterocycles. The molecule has 2 aromatic heterocycles. The van der Waals surface area contributed by atoms with E-state index in [0.717, 1.165) is 43.4 Å². The molecule has 0 fully saturated rings. The largest absolute Gasteiger partial charge is 0.574 e. The highest BCUT2D eigenvalue weighted by Crippen LogP contribution is 2.27. The van der Waals surface area contributed by atoms with Gasteiger partial charge in [-0.1, -0.05) is 19.1 Å². The maximum atomic E-state index is 12.4. The molecule has 4 nitrogen and oxygen atoms in total. The molecule has 0 aromatic carbocycles. The summed E-state index contributed by atoms with van der Waals surface area (Å²) in [5, 5.41) is 0. The van der Waals surface area contributed by atoms with Crippen LogP contribution in [-0.4, -0.2) is 22.1 Å². The fraction of sp³-hybridized carbons (Fsp3) is 0.542. The molecule has 0 radical (unpaired) electrons. The van der Waals surface area contributed by atoms with Crippen molar-refractivity contribution < 1.29 is 22.7 Å². The van der Waals surface area contributed by atoms with Gasteiger partial charge in [-0.25, -0.2) is 4.98 Å².